The first-order valence-corrected chi connectivity index (χ1v) is 7.37. The van der Waals surface area contributed by atoms with E-state index in [0.29, 0.717) is 6.42 Å². The van der Waals surface area contributed by atoms with Crippen molar-refractivity contribution < 1.29 is 17.9 Å². The summed E-state index contributed by atoms with van der Waals surface area (Å²) in [6.07, 6.45) is -3.95. The predicted molar refractivity (Wildman–Crippen MR) is 69.8 cm³/mol. The fourth-order valence-electron chi connectivity index (χ4n) is 1.10. The van der Waals surface area contributed by atoms with Crippen LogP contribution in [-0.4, -0.2) is 19.4 Å². The topological polar surface area (TPSA) is 9.23 Å². The Labute approximate surface area is 123 Å². The predicted octanol–water partition coefficient (Wildman–Crippen LogP) is 5.52. The molecule has 0 saturated heterocycles. The quantitative estimate of drug-likeness (QED) is 0.454. The van der Waals surface area contributed by atoms with Gasteiger partial charge in [0.2, 0.25) is 0 Å². The largest absolute Gasteiger partial charge is 0.411 e. The molecule has 1 nitrogen and oxygen atoms in total. The van der Waals surface area contributed by atoms with Crippen molar-refractivity contribution >= 4 is 54.8 Å². The van der Waals surface area contributed by atoms with Gasteiger partial charge in [0, 0.05) is 6.61 Å². The molecule has 98 valence electrons. The maximum Gasteiger partial charge on any atom is 0.411 e. The zero-order chi connectivity index (χ0) is 13.1. The Hall–Kier alpha value is 0.700. The van der Waals surface area contributed by atoms with Crippen LogP contribution in [0, 0.1) is 0 Å². The lowest BCUT2D eigenvalue weighted by Gasteiger charge is -2.10. The van der Waals surface area contributed by atoms with Crippen LogP contribution < -0.4 is 0 Å². The molecule has 0 spiro atoms. The van der Waals surface area contributed by atoms with Crippen LogP contribution in [-0.2, 0) is 4.74 Å². The van der Waals surface area contributed by atoms with E-state index in [9.17, 15) is 13.2 Å². The van der Waals surface area contributed by atoms with Gasteiger partial charge in [-0.1, -0.05) is 0 Å². The average Bonchev–Trinajstić information content (AvgIpc) is 2.51. The Morgan fingerprint density at radius 3 is 2.53 bits per heavy atom. The van der Waals surface area contributed by atoms with Gasteiger partial charge in [0.1, 0.15) is 6.61 Å². The van der Waals surface area contributed by atoms with E-state index in [1.54, 1.807) is 0 Å². The zero-order valence-corrected chi connectivity index (χ0v) is 13.1. The van der Waals surface area contributed by atoms with Gasteiger partial charge in [-0.05, 0) is 49.9 Å². The normalized spacial score (nSPS) is 14.0. The number of thiophene rings is 1. The van der Waals surface area contributed by atoms with Gasteiger partial charge in [0.15, 0.2) is 0 Å². The molecule has 0 aliphatic heterocycles. The molecule has 1 aromatic rings. The molecular formula is C9H8Br2ClF3OS. The summed E-state index contributed by atoms with van der Waals surface area (Å²) in [6.45, 7) is -1.25. The molecule has 0 saturated carbocycles. The highest BCUT2D eigenvalue weighted by molar-refractivity contribution is 9.12. The third-order valence-electron chi connectivity index (χ3n) is 1.80. The van der Waals surface area contributed by atoms with Gasteiger partial charge in [0.05, 0.1) is 12.9 Å². The Balaban J connectivity index is 2.35. The van der Waals surface area contributed by atoms with Crippen molar-refractivity contribution in [3.63, 3.8) is 0 Å². The zero-order valence-electron chi connectivity index (χ0n) is 8.36. The second-order valence-electron chi connectivity index (χ2n) is 3.20. The van der Waals surface area contributed by atoms with Crippen molar-refractivity contribution in [2.24, 2.45) is 0 Å². The SMILES string of the molecule is FC(F)(F)COCCC(Cl)c1cc(Br)sc1Br. The summed E-state index contributed by atoms with van der Waals surface area (Å²) in [5.41, 5.74) is 0.860. The number of hydrogen-bond acceptors (Lipinski definition) is 2. The maximum atomic E-state index is 11.8. The van der Waals surface area contributed by atoms with Gasteiger partial charge in [-0.3, -0.25) is 0 Å². The van der Waals surface area contributed by atoms with Crippen LogP contribution >= 0.6 is 54.8 Å². The first-order chi connectivity index (χ1) is 7.79. The van der Waals surface area contributed by atoms with Crippen molar-refractivity contribution in [3.8, 4) is 0 Å². The van der Waals surface area contributed by atoms with E-state index < -0.39 is 12.8 Å². The molecule has 1 rings (SSSR count). The van der Waals surface area contributed by atoms with Crippen LogP contribution in [0.15, 0.2) is 13.6 Å². The van der Waals surface area contributed by atoms with Gasteiger partial charge >= 0.3 is 6.18 Å². The summed E-state index contributed by atoms with van der Waals surface area (Å²) in [4.78, 5) is 0. The lowest BCUT2D eigenvalue weighted by molar-refractivity contribution is -0.174. The molecule has 1 aromatic heterocycles. The Kier molecular flexibility index (Phi) is 6.25. The van der Waals surface area contributed by atoms with Gasteiger partial charge in [-0.25, -0.2) is 0 Å². The molecule has 0 aliphatic carbocycles. The van der Waals surface area contributed by atoms with Crippen LogP contribution in [0.1, 0.15) is 17.4 Å². The third kappa shape index (κ3) is 5.92. The molecule has 0 N–H and O–H groups in total. The van der Waals surface area contributed by atoms with Crippen LogP contribution in [0.2, 0.25) is 0 Å². The molecule has 1 atom stereocenters. The Morgan fingerprint density at radius 1 is 1.41 bits per heavy atom. The fourth-order valence-corrected chi connectivity index (χ4v) is 4.53. The van der Waals surface area contributed by atoms with E-state index in [4.69, 9.17) is 11.6 Å². The highest BCUT2D eigenvalue weighted by Gasteiger charge is 2.27. The van der Waals surface area contributed by atoms with E-state index in [1.807, 2.05) is 6.07 Å². The van der Waals surface area contributed by atoms with Crippen LogP contribution in [0.5, 0.6) is 0 Å². The number of rotatable bonds is 5. The maximum absolute atomic E-state index is 11.8. The van der Waals surface area contributed by atoms with Crippen LogP contribution in [0.25, 0.3) is 0 Å². The minimum Gasteiger partial charge on any atom is -0.372 e. The number of halogens is 6. The Morgan fingerprint density at radius 2 is 2.06 bits per heavy atom. The highest BCUT2D eigenvalue weighted by Crippen LogP contribution is 2.39. The van der Waals surface area contributed by atoms with E-state index in [0.717, 1.165) is 13.1 Å². The summed E-state index contributed by atoms with van der Waals surface area (Å²) in [5.74, 6) is 0. The molecule has 8 heteroatoms. The molecule has 1 unspecified atom stereocenters. The second-order valence-corrected chi connectivity index (χ2v) is 7.48. The molecular weight excluding hydrogens is 408 g/mol. The van der Waals surface area contributed by atoms with Crippen molar-refractivity contribution in [1.29, 1.82) is 0 Å². The number of alkyl halides is 4. The molecule has 17 heavy (non-hydrogen) atoms. The van der Waals surface area contributed by atoms with Crippen molar-refractivity contribution in [1.82, 2.24) is 0 Å². The van der Waals surface area contributed by atoms with Gasteiger partial charge in [-0.15, -0.1) is 22.9 Å². The van der Waals surface area contributed by atoms with Gasteiger partial charge in [-0.2, -0.15) is 13.2 Å². The number of ether oxygens (including phenoxy) is 1. The van der Waals surface area contributed by atoms with Crippen molar-refractivity contribution in [3.05, 3.63) is 19.2 Å². The minimum atomic E-state index is -4.28. The molecule has 0 aromatic carbocycles. The summed E-state index contributed by atoms with van der Waals surface area (Å²) < 4.78 is 41.7. The van der Waals surface area contributed by atoms with Crippen LogP contribution in [0.3, 0.4) is 0 Å². The average molecular weight is 416 g/mol. The number of hydrogen-bond donors (Lipinski definition) is 0. The van der Waals surface area contributed by atoms with E-state index in [2.05, 4.69) is 36.6 Å². The van der Waals surface area contributed by atoms with Gasteiger partial charge in [0.25, 0.3) is 0 Å². The fraction of sp³-hybridized carbons (Fsp3) is 0.556. The molecule has 0 radical (unpaired) electrons. The molecule has 1 heterocycles. The lowest BCUT2D eigenvalue weighted by Crippen LogP contribution is -2.17. The van der Waals surface area contributed by atoms with Crippen molar-refractivity contribution in [2.45, 2.75) is 18.0 Å². The summed E-state index contributed by atoms with van der Waals surface area (Å²) in [7, 11) is 0. The summed E-state index contributed by atoms with van der Waals surface area (Å²) in [5, 5.41) is -0.361. The molecule has 0 bridgehead atoms. The standard InChI is InChI=1S/C9H8Br2ClF3OS/c10-7-3-5(8(11)17-7)6(12)1-2-16-4-9(13,14)15/h3,6H,1-2,4H2. The van der Waals surface area contributed by atoms with Crippen molar-refractivity contribution in [2.75, 3.05) is 13.2 Å². The third-order valence-corrected chi connectivity index (χ3v) is 4.64. The monoisotopic (exact) mass is 414 g/mol. The van der Waals surface area contributed by atoms with E-state index in [-0.39, 0.29) is 12.0 Å². The van der Waals surface area contributed by atoms with Gasteiger partial charge < -0.3 is 4.74 Å². The first-order valence-electron chi connectivity index (χ1n) is 4.53. The van der Waals surface area contributed by atoms with E-state index in [1.165, 1.54) is 11.3 Å². The first kappa shape index (κ1) is 15.8. The molecule has 0 aliphatic rings. The highest BCUT2D eigenvalue weighted by atomic mass is 79.9. The lowest BCUT2D eigenvalue weighted by atomic mass is 10.2. The minimum absolute atomic E-state index is 0.0203. The summed E-state index contributed by atoms with van der Waals surface area (Å²) in [6, 6.07) is 1.84. The molecule has 0 fully saturated rings. The second kappa shape index (κ2) is 6.75. The van der Waals surface area contributed by atoms with Crippen LogP contribution in [0.4, 0.5) is 13.2 Å². The summed E-state index contributed by atoms with van der Waals surface area (Å²) >= 11 is 14.2. The smallest absolute Gasteiger partial charge is 0.372 e. The molecule has 0 amide bonds. The van der Waals surface area contributed by atoms with E-state index >= 15 is 0 Å². The Bertz CT molecular complexity index is 370.